The van der Waals surface area contributed by atoms with E-state index in [4.69, 9.17) is 4.74 Å². The fourth-order valence-corrected chi connectivity index (χ4v) is 5.35. The molecule has 10 heteroatoms. The van der Waals surface area contributed by atoms with E-state index in [9.17, 15) is 26.4 Å². The van der Waals surface area contributed by atoms with Crippen molar-refractivity contribution in [2.75, 3.05) is 26.3 Å². The normalized spacial score (nSPS) is 15.3. The van der Waals surface area contributed by atoms with E-state index in [1.165, 1.54) is 18.3 Å². The molecule has 0 atom stereocenters. The summed E-state index contributed by atoms with van der Waals surface area (Å²) in [6.45, 7) is 1.81. The SMILES string of the molecule is O=C(Cn1cc(S(=O)(=O)Cc2cccc(C(F)(F)F)c2)c2ccccc21)N1CCOCC1. The lowest BCUT2D eigenvalue weighted by Gasteiger charge is -2.27. The molecule has 0 spiro atoms. The number of carbonyl (C=O) groups is 1. The standard InChI is InChI=1S/C22H21F3N2O4S/c23-22(24,25)17-5-3-4-16(12-17)15-32(29,30)20-13-27(19-7-2-1-6-18(19)20)14-21(28)26-8-10-31-11-9-26/h1-7,12-13H,8-11,14-15H2. The predicted molar refractivity (Wildman–Crippen MR) is 112 cm³/mol. The topological polar surface area (TPSA) is 68.6 Å². The maximum atomic E-state index is 13.2. The average molecular weight is 466 g/mol. The highest BCUT2D eigenvalue weighted by molar-refractivity contribution is 7.90. The molecule has 0 N–H and O–H groups in total. The molecule has 2 aromatic carbocycles. The second kappa shape index (κ2) is 8.59. The van der Waals surface area contributed by atoms with E-state index in [1.54, 1.807) is 33.7 Å². The summed E-state index contributed by atoms with van der Waals surface area (Å²) in [5.74, 6) is -0.738. The van der Waals surface area contributed by atoms with Crippen molar-refractivity contribution in [3.63, 3.8) is 0 Å². The summed E-state index contributed by atoms with van der Waals surface area (Å²) in [6, 6.07) is 11.1. The van der Waals surface area contributed by atoms with Crippen molar-refractivity contribution in [1.82, 2.24) is 9.47 Å². The highest BCUT2D eigenvalue weighted by Gasteiger charge is 2.31. The second-order valence-corrected chi connectivity index (χ2v) is 9.55. The van der Waals surface area contributed by atoms with E-state index in [-0.39, 0.29) is 22.9 Å². The summed E-state index contributed by atoms with van der Waals surface area (Å²) in [6.07, 6.45) is -3.17. The largest absolute Gasteiger partial charge is 0.416 e. The molecule has 1 fully saturated rings. The number of amides is 1. The van der Waals surface area contributed by atoms with Crippen LogP contribution < -0.4 is 0 Å². The van der Waals surface area contributed by atoms with Crippen LogP contribution in [0.15, 0.2) is 59.6 Å². The number of alkyl halides is 3. The smallest absolute Gasteiger partial charge is 0.378 e. The summed E-state index contributed by atoms with van der Waals surface area (Å²) < 4.78 is 72.2. The molecular formula is C22H21F3N2O4S. The van der Waals surface area contributed by atoms with Crippen LogP contribution in [0.3, 0.4) is 0 Å². The van der Waals surface area contributed by atoms with E-state index in [0.29, 0.717) is 37.2 Å². The average Bonchev–Trinajstić information content (AvgIpc) is 3.13. The van der Waals surface area contributed by atoms with Gasteiger partial charge in [-0.1, -0.05) is 36.4 Å². The molecule has 1 aliphatic heterocycles. The van der Waals surface area contributed by atoms with Crippen LogP contribution in [0.25, 0.3) is 10.9 Å². The number of carbonyl (C=O) groups excluding carboxylic acids is 1. The Hall–Kier alpha value is -2.85. The number of benzene rings is 2. The zero-order valence-corrected chi connectivity index (χ0v) is 17.8. The number of hydrogen-bond acceptors (Lipinski definition) is 4. The summed E-state index contributed by atoms with van der Waals surface area (Å²) in [5.41, 5.74) is -0.290. The van der Waals surface area contributed by atoms with Crippen LogP contribution in [0.1, 0.15) is 11.1 Å². The van der Waals surface area contributed by atoms with Gasteiger partial charge >= 0.3 is 6.18 Å². The van der Waals surface area contributed by atoms with Gasteiger partial charge in [-0.3, -0.25) is 4.79 Å². The van der Waals surface area contributed by atoms with E-state index in [2.05, 4.69) is 0 Å². The van der Waals surface area contributed by atoms with Crippen molar-refractivity contribution in [2.45, 2.75) is 23.4 Å². The van der Waals surface area contributed by atoms with Gasteiger partial charge in [-0.2, -0.15) is 13.2 Å². The van der Waals surface area contributed by atoms with Crippen molar-refractivity contribution in [3.05, 3.63) is 65.9 Å². The summed E-state index contributed by atoms with van der Waals surface area (Å²) in [4.78, 5) is 14.3. The molecule has 1 amide bonds. The summed E-state index contributed by atoms with van der Waals surface area (Å²) >= 11 is 0. The van der Waals surface area contributed by atoms with Crippen LogP contribution >= 0.6 is 0 Å². The first-order valence-corrected chi connectivity index (χ1v) is 11.6. The molecule has 0 saturated carbocycles. The zero-order valence-electron chi connectivity index (χ0n) is 17.0. The molecule has 1 aromatic heterocycles. The predicted octanol–water partition coefficient (Wildman–Crippen LogP) is 3.49. The minimum absolute atomic E-state index is 0.0136. The molecule has 170 valence electrons. The molecular weight excluding hydrogens is 445 g/mol. The van der Waals surface area contributed by atoms with Gasteiger partial charge < -0.3 is 14.2 Å². The number of para-hydroxylation sites is 1. The Morgan fingerprint density at radius 3 is 2.47 bits per heavy atom. The number of halogens is 3. The second-order valence-electron chi connectivity index (χ2n) is 7.59. The molecule has 0 radical (unpaired) electrons. The first kappa shape index (κ1) is 22.3. The molecule has 32 heavy (non-hydrogen) atoms. The molecule has 0 bridgehead atoms. The van der Waals surface area contributed by atoms with E-state index in [1.807, 2.05) is 0 Å². The zero-order chi connectivity index (χ0) is 22.9. The lowest BCUT2D eigenvalue weighted by atomic mass is 10.1. The highest BCUT2D eigenvalue weighted by Crippen LogP contribution is 2.32. The number of fused-ring (bicyclic) bond motifs is 1. The maximum Gasteiger partial charge on any atom is 0.416 e. The lowest BCUT2D eigenvalue weighted by Crippen LogP contribution is -2.42. The van der Waals surface area contributed by atoms with Crippen LogP contribution in [0.2, 0.25) is 0 Å². The number of aromatic nitrogens is 1. The van der Waals surface area contributed by atoms with Crippen LogP contribution in [-0.4, -0.2) is 50.1 Å². The van der Waals surface area contributed by atoms with Crippen molar-refractivity contribution >= 4 is 26.6 Å². The third-order valence-electron chi connectivity index (χ3n) is 5.37. The monoisotopic (exact) mass is 466 g/mol. The van der Waals surface area contributed by atoms with Crippen LogP contribution in [0.5, 0.6) is 0 Å². The minimum atomic E-state index is -4.56. The molecule has 6 nitrogen and oxygen atoms in total. The molecule has 0 unspecified atom stereocenters. The number of sulfone groups is 1. The number of morpholine rings is 1. The quantitative estimate of drug-likeness (QED) is 0.577. The number of nitrogens with zero attached hydrogens (tertiary/aromatic N) is 2. The fourth-order valence-electron chi connectivity index (χ4n) is 3.78. The Kier molecular flexibility index (Phi) is 6.00. The van der Waals surface area contributed by atoms with E-state index >= 15 is 0 Å². The fraction of sp³-hybridized carbons (Fsp3) is 0.318. The Morgan fingerprint density at radius 2 is 1.75 bits per heavy atom. The van der Waals surface area contributed by atoms with Crippen molar-refractivity contribution in [2.24, 2.45) is 0 Å². The van der Waals surface area contributed by atoms with Crippen LogP contribution in [0.4, 0.5) is 13.2 Å². The number of hydrogen-bond donors (Lipinski definition) is 0. The van der Waals surface area contributed by atoms with Crippen LogP contribution in [-0.2, 0) is 37.8 Å². The summed E-state index contributed by atoms with van der Waals surface area (Å²) in [7, 11) is -3.98. The molecule has 2 heterocycles. The molecule has 0 aliphatic carbocycles. The van der Waals surface area contributed by atoms with Gasteiger partial charge in [0.2, 0.25) is 5.91 Å². The van der Waals surface area contributed by atoms with Crippen LogP contribution in [0, 0.1) is 0 Å². The molecule has 1 aliphatic rings. The number of ether oxygens (including phenoxy) is 1. The van der Waals surface area contributed by atoms with Gasteiger partial charge in [-0.05, 0) is 17.7 Å². The van der Waals surface area contributed by atoms with Crippen molar-refractivity contribution in [1.29, 1.82) is 0 Å². The third kappa shape index (κ3) is 4.66. The maximum absolute atomic E-state index is 13.2. The Bertz CT molecular complexity index is 1250. The Balaban J connectivity index is 1.66. The van der Waals surface area contributed by atoms with Gasteiger partial charge in [0.1, 0.15) is 6.54 Å². The molecule has 3 aromatic rings. The van der Waals surface area contributed by atoms with Crippen molar-refractivity contribution in [3.8, 4) is 0 Å². The first-order valence-electron chi connectivity index (χ1n) is 9.97. The highest BCUT2D eigenvalue weighted by atomic mass is 32.2. The van der Waals surface area contributed by atoms with Gasteiger partial charge in [0.15, 0.2) is 9.84 Å². The molecule has 1 saturated heterocycles. The summed E-state index contributed by atoms with van der Waals surface area (Å²) in [5, 5.41) is 0.425. The van der Waals surface area contributed by atoms with Gasteiger partial charge in [-0.25, -0.2) is 8.42 Å². The van der Waals surface area contributed by atoms with Gasteiger partial charge in [0.25, 0.3) is 0 Å². The minimum Gasteiger partial charge on any atom is -0.378 e. The molecule has 4 rings (SSSR count). The van der Waals surface area contributed by atoms with E-state index < -0.39 is 27.3 Å². The number of rotatable bonds is 5. The lowest BCUT2D eigenvalue weighted by molar-refractivity contribution is -0.137. The van der Waals surface area contributed by atoms with E-state index in [0.717, 1.165) is 12.1 Å². The van der Waals surface area contributed by atoms with Crippen molar-refractivity contribution < 1.29 is 31.1 Å². The Morgan fingerprint density at radius 1 is 1.03 bits per heavy atom. The van der Waals surface area contributed by atoms with Gasteiger partial charge in [0.05, 0.1) is 29.4 Å². The van der Waals surface area contributed by atoms with Gasteiger partial charge in [0, 0.05) is 30.2 Å². The van der Waals surface area contributed by atoms with Gasteiger partial charge in [-0.15, -0.1) is 0 Å². The Labute approximate surface area is 183 Å². The third-order valence-corrected chi connectivity index (χ3v) is 7.08. The first-order chi connectivity index (χ1) is 15.1.